The van der Waals surface area contributed by atoms with Crippen LogP contribution in [0.4, 0.5) is 5.82 Å². The monoisotopic (exact) mass is 249 g/mol. The molecule has 1 aromatic heterocycles. The highest BCUT2D eigenvalue weighted by atomic mass is 16.5. The van der Waals surface area contributed by atoms with Crippen LogP contribution in [0.15, 0.2) is 18.3 Å². The minimum absolute atomic E-state index is 0.482. The van der Waals surface area contributed by atoms with Gasteiger partial charge in [0.2, 0.25) is 0 Å². The van der Waals surface area contributed by atoms with Gasteiger partial charge in [-0.25, -0.2) is 4.98 Å². The average molecular weight is 249 g/mol. The highest BCUT2D eigenvalue weighted by molar-refractivity contribution is 5.50. The molecule has 0 aromatic carbocycles. The van der Waals surface area contributed by atoms with Crippen LogP contribution in [0.1, 0.15) is 20.3 Å². The number of pyridine rings is 1. The van der Waals surface area contributed by atoms with Crippen molar-refractivity contribution in [1.82, 2.24) is 9.88 Å². The lowest BCUT2D eigenvalue weighted by Crippen LogP contribution is -2.43. The van der Waals surface area contributed by atoms with Gasteiger partial charge in [0.15, 0.2) is 11.6 Å². The number of likely N-dealkylation sites (tertiary alicyclic amines) is 1. The summed E-state index contributed by atoms with van der Waals surface area (Å²) in [5.41, 5.74) is 0. The van der Waals surface area contributed by atoms with Crippen molar-refractivity contribution in [3.05, 3.63) is 18.3 Å². The van der Waals surface area contributed by atoms with Crippen LogP contribution in [-0.4, -0.2) is 42.7 Å². The Kier molecular flexibility index (Phi) is 4.42. The molecule has 1 saturated heterocycles. The second-order valence-corrected chi connectivity index (χ2v) is 5.06. The Morgan fingerprint density at radius 3 is 3.11 bits per heavy atom. The number of hydrogen-bond donors (Lipinski definition) is 1. The molecule has 1 aromatic rings. The maximum Gasteiger partial charge on any atom is 0.168 e. The minimum Gasteiger partial charge on any atom is -0.490 e. The molecular formula is C14H23N3O. The van der Waals surface area contributed by atoms with Gasteiger partial charge in [-0.05, 0) is 45.0 Å². The standard InChI is InChI=1S/C14H23N3O/c1-4-18-13-6-5-8-15-14(13)16-12-7-9-17(3)10-11(12)2/h5-6,8,11-12H,4,7,9-10H2,1-3H3,(H,15,16). The summed E-state index contributed by atoms with van der Waals surface area (Å²) in [6.07, 6.45) is 2.96. The van der Waals surface area contributed by atoms with Gasteiger partial charge < -0.3 is 15.0 Å². The number of rotatable bonds is 4. The van der Waals surface area contributed by atoms with Crippen molar-refractivity contribution in [3.8, 4) is 5.75 Å². The molecule has 2 atom stereocenters. The fraction of sp³-hybridized carbons (Fsp3) is 0.643. The normalized spacial score (nSPS) is 24.8. The first kappa shape index (κ1) is 13.1. The van der Waals surface area contributed by atoms with Crippen LogP contribution in [-0.2, 0) is 0 Å². The summed E-state index contributed by atoms with van der Waals surface area (Å²) in [6.45, 7) is 7.22. The number of piperidine rings is 1. The van der Waals surface area contributed by atoms with E-state index in [2.05, 4.69) is 29.2 Å². The lowest BCUT2D eigenvalue weighted by molar-refractivity contribution is 0.205. The molecule has 0 spiro atoms. The summed E-state index contributed by atoms with van der Waals surface area (Å²) in [5.74, 6) is 2.35. The molecule has 0 saturated carbocycles. The SMILES string of the molecule is CCOc1cccnc1NC1CCN(C)CC1C. The zero-order valence-corrected chi connectivity index (χ0v) is 11.5. The molecule has 2 heterocycles. The van der Waals surface area contributed by atoms with Crippen LogP contribution in [0.2, 0.25) is 0 Å². The molecule has 2 rings (SSSR count). The van der Waals surface area contributed by atoms with E-state index in [9.17, 15) is 0 Å². The zero-order chi connectivity index (χ0) is 13.0. The van der Waals surface area contributed by atoms with E-state index in [0.717, 1.165) is 31.1 Å². The van der Waals surface area contributed by atoms with E-state index in [-0.39, 0.29) is 0 Å². The molecule has 0 bridgehead atoms. The van der Waals surface area contributed by atoms with Gasteiger partial charge in [0.05, 0.1) is 6.61 Å². The Bertz CT molecular complexity index is 383. The molecule has 1 aliphatic heterocycles. The number of ether oxygens (including phenoxy) is 1. The highest BCUT2D eigenvalue weighted by Gasteiger charge is 2.24. The van der Waals surface area contributed by atoms with Crippen molar-refractivity contribution in [2.24, 2.45) is 5.92 Å². The van der Waals surface area contributed by atoms with Crippen molar-refractivity contribution in [1.29, 1.82) is 0 Å². The number of aromatic nitrogens is 1. The van der Waals surface area contributed by atoms with Crippen molar-refractivity contribution in [3.63, 3.8) is 0 Å². The summed E-state index contributed by atoms with van der Waals surface area (Å²) in [5, 5.41) is 3.54. The van der Waals surface area contributed by atoms with Gasteiger partial charge in [-0.1, -0.05) is 6.92 Å². The Balaban J connectivity index is 2.04. The molecule has 1 fully saturated rings. The van der Waals surface area contributed by atoms with E-state index in [4.69, 9.17) is 4.74 Å². The van der Waals surface area contributed by atoms with Crippen LogP contribution < -0.4 is 10.1 Å². The van der Waals surface area contributed by atoms with Crippen molar-refractivity contribution >= 4 is 5.82 Å². The molecule has 4 nitrogen and oxygen atoms in total. The lowest BCUT2D eigenvalue weighted by Gasteiger charge is -2.35. The van der Waals surface area contributed by atoms with Gasteiger partial charge in [0.25, 0.3) is 0 Å². The van der Waals surface area contributed by atoms with Gasteiger partial charge in [-0.15, -0.1) is 0 Å². The smallest absolute Gasteiger partial charge is 0.168 e. The second kappa shape index (κ2) is 6.05. The molecule has 0 aliphatic carbocycles. The Hall–Kier alpha value is -1.29. The van der Waals surface area contributed by atoms with E-state index in [1.54, 1.807) is 0 Å². The van der Waals surface area contributed by atoms with Crippen molar-refractivity contribution in [2.75, 3.05) is 32.1 Å². The predicted molar refractivity (Wildman–Crippen MR) is 74.1 cm³/mol. The maximum atomic E-state index is 5.60. The van der Waals surface area contributed by atoms with E-state index < -0.39 is 0 Å². The number of nitrogens with zero attached hydrogens (tertiary/aromatic N) is 2. The van der Waals surface area contributed by atoms with Gasteiger partial charge in [-0.3, -0.25) is 0 Å². The first-order valence-electron chi connectivity index (χ1n) is 6.73. The largest absolute Gasteiger partial charge is 0.490 e. The third kappa shape index (κ3) is 3.13. The molecule has 100 valence electrons. The molecule has 0 radical (unpaired) electrons. The van der Waals surface area contributed by atoms with Gasteiger partial charge in [-0.2, -0.15) is 0 Å². The first-order chi connectivity index (χ1) is 8.70. The number of hydrogen-bond acceptors (Lipinski definition) is 4. The first-order valence-corrected chi connectivity index (χ1v) is 6.73. The molecular weight excluding hydrogens is 226 g/mol. The van der Waals surface area contributed by atoms with Crippen molar-refractivity contribution in [2.45, 2.75) is 26.3 Å². The van der Waals surface area contributed by atoms with Crippen LogP contribution in [0.25, 0.3) is 0 Å². The quantitative estimate of drug-likeness (QED) is 0.888. The second-order valence-electron chi connectivity index (χ2n) is 5.06. The van der Waals surface area contributed by atoms with E-state index in [1.807, 2.05) is 25.3 Å². The van der Waals surface area contributed by atoms with E-state index in [1.165, 1.54) is 0 Å². The fourth-order valence-corrected chi connectivity index (χ4v) is 2.52. The molecule has 0 amide bonds. The molecule has 2 unspecified atom stereocenters. The fourth-order valence-electron chi connectivity index (χ4n) is 2.52. The zero-order valence-electron chi connectivity index (χ0n) is 11.5. The van der Waals surface area contributed by atoms with E-state index >= 15 is 0 Å². The Morgan fingerprint density at radius 2 is 2.39 bits per heavy atom. The molecule has 1 aliphatic rings. The Labute approximate surface area is 109 Å². The van der Waals surface area contributed by atoms with Crippen LogP contribution in [0.3, 0.4) is 0 Å². The van der Waals surface area contributed by atoms with E-state index in [0.29, 0.717) is 18.6 Å². The molecule has 4 heteroatoms. The minimum atomic E-state index is 0.482. The number of nitrogens with one attached hydrogen (secondary N) is 1. The summed E-state index contributed by atoms with van der Waals surface area (Å²) >= 11 is 0. The predicted octanol–water partition coefficient (Wildman–Crippen LogP) is 2.23. The topological polar surface area (TPSA) is 37.4 Å². The van der Waals surface area contributed by atoms with Crippen LogP contribution >= 0.6 is 0 Å². The van der Waals surface area contributed by atoms with Crippen LogP contribution in [0.5, 0.6) is 5.75 Å². The lowest BCUT2D eigenvalue weighted by atomic mass is 9.94. The van der Waals surface area contributed by atoms with Gasteiger partial charge in [0, 0.05) is 18.8 Å². The summed E-state index contributed by atoms with van der Waals surface area (Å²) in [6, 6.07) is 4.36. The van der Waals surface area contributed by atoms with Crippen LogP contribution in [0, 0.1) is 5.92 Å². The van der Waals surface area contributed by atoms with Crippen molar-refractivity contribution < 1.29 is 4.74 Å². The third-order valence-corrected chi connectivity index (χ3v) is 3.50. The molecule has 18 heavy (non-hydrogen) atoms. The number of anilines is 1. The maximum absolute atomic E-state index is 5.60. The third-order valence-electron chi connectivity index (χ3n) is 3.50. The summed E-state index contributed by atoms with van der Waals surface area (Å²) in [4.78, 5) is 6.77. The van der Waals surface area contributed by atoms with Gasteiger partial charge in [0.1, 0.15) is 0 Å². The summed E-state index contributed by atoms with van der Waals surface area (Å²) < 4.78 is 5.60. The average Bonchev–Trinajstić information content (AvgIpc) is 2.35. The Morgan fingerprint density at radius 1 is 1.56 bits per heavy atom. The highest BCUT2D eigenvalue weighted by Crippen LogP contribution is 2.25. The van der Waals surface area contributed by atoms with Gasteiger partial charge >= 0.3 is 0 Å². The molecule has 1 N–H and O–H groups in total. The summed E-state index contributed by atoms with van der Waals surface area (Å²) in [7, 11) is 2.18.